The van der Waals surface area contributed by atoms with Crippen molar-refractivity contribution in [3.8, 4) is 0 Å². The van der Waals surface area contributed by atoms with Crippen molar-refractivity contribution in [1.29, 1.82) is 0 Å². The van der Waals surface area contributed by atoms with Crippen molar-refractivity contribution in [3.05, 3.63) is 18.5 Å². The average molecular weight is 294 g/mol. The molecule has 0 unspecified atom stereocenters. The first-order valence-corrected chi connectivity index (χ1v) is 12.9. The van der Waals surface area contributed by atoms with Crippen molar-refractivity contribution in [2.24, 2.45) is 0 Å². The molecule has 0 bridgehead atoms. The van der Waals surface area contributed by atoms with Gasteiger partial charge in [-0.3, -0.25) is 0 Å². The van der Waals surface area contributed by atoms with E-state index in [9.17, 15) is 0 Å². The summed E-state index contributed by atoms with van der Waals surface area (Å²) in [4.78, 5) is 9.25. The van der Waals surface area contributed by atoms with Crippen LogP contribution in [0.4, 0.5) is 5.95 Å². The fraction of sp³-hybridized carbons (Fsp3) is 0.714. The third kappa shape index (κ3) is 2.27. The molecule has 1 aromatic heterocycles. The molecule has 19 heavy (non-hydrogen) atoms. The van der Waals surface area contributed by atoms with Crippen LogP contribution in [0, 0.1) is 0 Å². The highest BCUT2D eigenvalue weighted by atomic mass is 28.4. The van der Waals surface area contributed by atoms with Gasteiger partial charge in [-0.2, -0.15) is 0 Å². The van der Waals surface area contributed by atoms with Crippen LogP contribution >= 0.6 is 0 Å². The Balaban J connectivity index is 2.51. The lowest BCUT2D eigenvalue weighted by Gasteiger charge is -2.45. The SMILES string of the molecule is CC[Si]1(CC)CC[Si](CC)(CC)N1c1ncccn1. The van der Waals surface area contributed by atoms with Crippen molar-refractivity contribution in [2.45, 2.75) is 64.0 Å². The third-order valence-electron chi connectivity index (χ3n) is 5.39. The van der Waals surface area contributed by atoms with E-state index in [2.05, 4.69) is 41.9 Å². The summed E-state index contributed by atoms with van der Waals surface area (Å²) in [5.41, 5.74) is 0. The van der Waals surface area contributed by atoms with Crippen LogP contribution in [0.15, 0.2) is 18.5 Å². The normalized spacial score (nSPS) is 20.7. The molecule has 1 fully saturated rings. The van der Waals surface area contributed by atoms with Crippen LogP contribution in [0.1, 0.15) is 27.7 Å². The number of rotatable bonds is 5. The Morgan fingerprint density at radius 1 is 0.895 bits per heavy atom. The first kappa shape index (κ1) is 14.7. The van der Waals surface area contributed by atoms with Gasteiger partial charge < -0.3 is 4.23 Å². The molecule has 0 saturated carbocycles. The van der Waals surface area contributed by atoms with E-state index in [0.29, 0.717) is 0 Å². The van der Waals surface area contributed by atoms with E-state index in [0.717, 1.165) is 5.95 Å². The van der Waals surface area contributed by atoms with Gasteiger partial charge in [0.1, 0.15) is 16.5 Å². The molecular weight excluding hydrogens is 266 g/mol. The van der Waals surface area contributed by atoms with Gasteiger partial charge in [0.05, 0.1) is 0 Å². The molecule has 1 aliphatic rings. The maximum Gasteiger partial charge on any atom is 0.208 e. The Hall–Kier alpha value is -0.686. The van der Waals surface area contributed by atoms with Crippen LogP contribution in [0.25, 0.3) is 0 Å². The average Bonchev–Trinajstić information content (AvgIpc) is 2.83. The summed E-state index contributed by atoms with van der Waals surface area (Å²) in [6.07, 6.45) is 3.82. The smallest absolute Gasteiger partial charge is 0.208 e. The van der Waals surface area contributed by atoms with Crippen molar-refractivity contribution >= 4 is 22.4 Å². The molecule has 1 saturated heterocycles. The monoisotopic (exact) mass is 293 g/mol. The number of nitrogens with zero attached hydrogens (tertiary/aromatic N) is 3. The van der Waals surface area contributed by atoms with E-state index in [1.54, 1.807) is 0 Å². The lowest BCUT2D eigenvalue weighted by molar-refractivity contribution is 1.07. The van der Waals surface area contributed by atoms with Gasteiger partial charge in [-0.25, -0.2) is 9.97 Å². The minimum atomic E-state index is -1.36. The molecule has 5 heteroatoms. The Morgan fingerprint density at radius 3 is 1.68 bits per heavy atom. The molecule has 1 aliphatic heterocycles. The quantitative estimate of drug-likeness (QED) is 0.759. The largest absolute Gasteiger partial charge is 0.393 e. The highest BCUT2D eigenvalue weighted by Gasteiger charge is 2.55. The zero-order valence-corrected chi connectivity index (χ0v) is 14.8. The molecule has 0 N–H and O–H groups in total. The molecule has 0 spiro atoms. The maximum absolute atomic E-state index is 4.63. The molecule has 2 heterocycles. The Morgan fingerprint density at radius 2 is 1.32 bits per heavy atom. The first-order chi connectivity index (χ1) is 9.18. The molecular formula is C14H27N3Si2. The van der Waals surface area contributed by atoms with Crippen LogP contribution in [0.5, 0.6) is 0 Å². The Bertz CT molecular complexity index is 382. The van der Waals surface area contributed by atoms with Crippen LogP contribution in [0.3, 0.4) is 0 Å². The highest BCUT2D eigenvalue weighted by Crippen LogP contribution is 2.46. The molecule has 106 valence electrons. The summed E-state index contributed by atoms with van der Waals surface area (Å²) in [7, 11) is -2.72. The Kier molecular flexibility index (Phi) is 4.45. The van der Waals surface area contributed by atoms with E-state index in [4.69, 9.17) is 0 Å². The summed E-state index contributed by atoms with van der Waals surface area (Å²) < 4.78 is 2.85. The highest BCUT2D eigenvalue weighted by molar-refractivity contribution is 7.06. The zero-order chi connectivity index (χ0) is 13.9. The maximum atomic E-state index is 4.63. The zero-order valence-electron chi connectivity index (χ0n) is 12.8. The summed E-state index contributed by atoms with van der Waals surface area (Å²) >= 11 is 0. The topological polar surface area (TPSA) is 29.0 Å². The third-order valence-corrected chi connectivity index (χ3v) is 18.7. The predicted octanol–water partition coefficient (Wildman–Crippen LogP) is 4.27. The minimum Gasteiger partial charge on any atom is -0.393 e. The fourth-order valence-electron chi connectivity index (χ4n) is 3.86. The van der Waals surface area contributed by atoms with Crippen LogP contribution < -0.4 is 4.23 Å². The summed E-state index contributed by atoms with van der Waals surface area (Å²) in [6, 6.07) is 10.2. The molecule has 0 aromatic carbocycles. The van der Waals surface area contributed by atoms with E-state index >= 15 is 0 Å². The summed E-state index contributed by atoms with van der Waals surface area (Å²) in [5.74, 6) is 1.05. The van der Waals surface area contributed by atoms with Gasteiger partial charge in [-0.05, 0) is 42.3 Å². The predicted molar refractivity (Wildman–Crippen MR) is 87.6 cm³/mol. The number of hydrogen-bond donors (Lipinski definition) is 0. The summed E-state index contributed by atoms with van der Waals surface area (Å²) in [5, 5.41) is 0. The second-order valence-electron chi connectivity index (χ2n) is 5.75. The Labute approximate surface area is 119 Å². The summed E-state index contributed by atoms with van der Waals surface area (Å²) in [6.45, 7) is 9.56. The molecule has 2 rings (SSSR count). The molecule has 0 atom stereocenters. The van der Waals surface area contributed by atoms with Crippen LogP contribution in [-0.2, 0) is 0 Å². The van der Waals surface area contributed by atoms with E-state index in [-0.39, 0.29) is 0 Å². The van der Waals surface area contributed by atoms with E-state index in [1.165, 1.54) is 36.3 Å². The second kappa shape index (κ2) is 5.75. The van der Waals surface area contributed by atoms with Gasteiger partial charge >= 0.3 is 0 Å². The van der Waals surface area contributed by atoms with Gasteiger partial charge in [0.25, 0.3) is 0 Å². The minimum absolute atomic E-state index is 1.05. The van der Waals surface area contributed by atoms with Crippen molar-refractivity contribution in [3.63, 3.8) is 0 Å². The molecule has 0 radical (unpaired) electrons. The number of aromatic nitrogens is 2. The number of anilines is 1. The van der Waals surface area contributed by atoms with Crippen molar-refractivity contribution < 1.29 is 0 Å². The molecule has 3 nitrogen and oxygen atoms in total. The lowest BCUT2D eigenvalue weighted by Crippen LogP contribution is -2.60. The molecule has 0 aliphatic carbocycles. The van der Waals surface area contributed by atoms with E-state index < -0.39 is 16.5 Å². The van der Waals surface area contributed by atoms with Crippen LogP contribution in [-0.4, -0.2) is 26.4 Å². The first-order valence-electron chi connectivity index (χ1n) is 7.75. The van der Waals surface area contributed by atoms with Gasteiger partial charge in [0.2, 0.25) is 5.95 Å². The van der Waals surface area contributed by atoms with Crippen molar-refractivity contribution in [1.82, 2.24) is 9.97 Å². The van der Waals surface area contributed by atoms with Gasteiger partial charge in [0.15, 0.2) is 0 Å². The lowest BCUT2D eigenvalue weighted by atomic mass is 10.7. The van der Waals surface area contributed by atoms with Crippen LogP contribution in [0.2, 0.25) is 36.3 Å². The van der Waals surface area contributed by atoms with Gasteiger partial charge in [-0.1, -0.05) is 27.7 Å². The van der Waals surface area contributed by atoms with E-state index in [1.807, 2.05) is 18.5 Å². The fourth-order valence-corrected chi connectivity index (χ4v) is 19.4. The second-order valence-corrected chi connectivity index (χ2v) is 15.8. The standard InChI is InChI=1S/C14H27N3Si2/c1-5-18(6-2)12-13-19(7-3,8-4)17(18)14-15-10-9-11-16-14/h9-11H,5-8,12-13H2,1-4H3. The number of hydrogen-bond acceptors (Lipinski definition) is 3. The molecule has 1 aromatic rings. The van der Waals surface area contributed by atoms with Gasteiger partial charge in [-0.15, -0.1) is 0 Å². The molecule has 0 amide bonds. The van der Waals surface area contributed by atoms with Crippen molar-refractivity contribution in [2.75, 3.05) is 4.23 Å². The van der Waals surface area contributed by atoms with Gasteiger partial charge in [0, 0.05) is 12.4 Å².